The van der Waals surface area contributed by atoms with Gasteiger partial charge in [-0.3, -0.25) is 9.88 Å². The summed E-state index contributed by atoms with van der Waals surface area (Å²) in [5.41, 5.74) is 1.36. The largest absolute Gasteiger partial charge is 0.296 e. The minimum absolute atomic E-state index is 0.818. The summed E-state index contributed by atoms with van der Waals surface area (Å²) in [7, 11) is 0. The van der Waals surface area contributed by atoms with Crippen LogP contribution in [0, 0.1) is 0 Å². The zero-order valence-corrected chi connectivity index (χ0v) is 9.10. The maximum absolute atomic E-state index is 4.04. The molecule has 0 saturated heterocycles. The molecule has 0 amide bonds. The Labute approximate surface area is 91.6 Å². The standard InChI is InChI=1S/C13H18N2/c1-2-3-10-15(13-4-5-13)11-12-6-8-14-9-7-12/h2,6-9,13H,1,3-5,10-11H2. The van der Waals surface area contributed by atoms with Crippen molar-refractivity contribution in [2.75, 3.05) is 6.54 Å². The Bertz CT molecular complexity index is 304. The van der Waals surface area contributed by atoms with E-state index in [2.05, 4.69) is 28.6 Å². The van der Waals surface area contributed by atoms with Gasteiger partial charge in [0.1, 0.15) is 0 Å². The summed E-state index contributed by atoms with van der Waals surface area (Å²) in [6.45, 7) is 5.97. The van der Waals surface area contributed by atoms with E-state index in [1.165, 1.54) is 18.4 Å². The molecule has 80 valence electrons. The molecule has 1 aliphatic carbocycles. The molecule has 15 heavy (non-hydrogen) atoms. The van der Waals surface area contributed by atoms with Crippen molar-refractivity contribution in [2.24, 2.45) is 0 Å². The lowest BCUT2D eigenvalue weighted by molar-refractivity contribution is 0.260. The van der Waals surface area contributed by atoms with Crippen LogP contribution in [0.2, 0.25) is 0 Å². The molecule has 0 unspecified atom stereocenters. The number of rotatable bonds is 6. The molecule has 2 nitrogen and oxygen atoms in total. The summed E-state index contributed by atoms with van der Waals surface area (Å²) < 4.78 is 0. The molecule has 0 radical (unpaired) electrons. The molecule has 0 aliphatic heterocycles. The molecular formula is C13H18N2. The SMILES string of the molecule is C=CCCN(Cc1ccncc1)C1CC1. The molecule has 2 heteroatoms. The van der Waals surface area contributed by atoms with Gasteiger partial charge >= 0.3 is 0 Å². The fourth-order valence-corrected chi connectivity index (χ4v) is 1.81. The third-order valence-electron chi connectivity index (χ3n) is 2.82. The fourth-order valence-electron chi connectivity index (χ4n) is 1.81. The van der Waals surface area contributed by atoms with Gasteiger partial charge in [-0.15, -0.1) is 6.58 Å². The van der Waals surface area contributed by atoms with Gasteiger partial charge in [0.25, 0.3) is 0 Å². The second kappa shape index (κ2) is 5.08. The first-order valence-corrected chi connectivity index (χ1v) is 5.64. The monoisotopic (exact) mass is 202 g/mol. The van der Waals surface area contributed by atoms with Crippen LogP contribution in [0.3, 0.4) is 0 Å². The van der Waals surface area contributed by atoms with Gasteiger partial charge in [-0.1, -0.05) is 6.08 Å². The van der Waals surface area contributed by atoms with Crippen LogP contribution >= 0.6 is 0 Å². The van der Waals surface area contributed by atoms with Gasteiger partial charge in [0.15, 0.2) is 0 Å². The van der Waals surface area contributed by atoms with E-state index in [1.807, 2.05) is 18.5 Å². The predicted molar refractivity (Wildman–Crippen MR) is 62.5 cm³/mol. The molecule has 0 spiro atoms. The Morgan fingerprint density at radius 1 is 1.40 bits per heavy atom. The number of hydrogen-bond acceptors (Lipinski definition) is 2. The highest BCUT2D eigenvalue weighted by atomic mass is 15.2. The molecule has 1 aromatic rings. The summed E-state index contributed by atoms with van der Waals surface area (Å²) in [4.78, 5) is 6.59. The Hall–Kier alpha value is -1.15. The van der Waals surface area contributed by atoms with Gasteiger partial charge in [0.2, 0.25) is 0 Å². The second-order valence-electron chi connectivity index (χ2n) is 4.13. The normalized spacial score (nSPS) is 15.5. The minimum Gasteiger partial charge on any atom is -0.296 e. The summed E-state index contributed by atoms with van der Waals surface area (Å²) in [5.74, 6) is 0. The number of nitrogens with zero attached hydrogens (tertiary/aromatic N) is 2. The van der Waals surface area contributed by atoms with Crippen molar-refractivity contribution in [1.82, 2.24) is 9.88 Å². The smallest absolute Gasteiger partial charge is 0.0271 e. The van der Waals surface area contributed by atoms with E-state index in [1.54, 1.807) is 0 Å². The zero-order valence-electron chi connectivity index (χ0n) is 9.10. The van der Waals surface area contributed by atoms with Crippen molar-refractivity contribution in [1.29, 1.82) is 0 Å². The number of hydrogen-bond donors (Lipinski definition) is 0. The highest BCUT2D eigenvalue weighted by Gasteiger charge is 2.28. The van der Waals surface area contributed by atoms with Crippen LogP contribution in [0.4, 0.5) is 0 Å². The lowest BCUT2D eigenvalue weighted by Gasteiger charge is -2.21. The van der Waals surface area contributed by atoms with E-state index in [9.17, 15) is 0 Å². The molecule has 1 aromatic heterocycles. The van der Waals surface area contributed by atoms with Crippen LogP contribution < -0.4 is 0 Å². The van der Waals surface area contributed by atoms with Gasteiger partial charge in [-0.2, -0.15) is 0 Å². The average Bonchev–Trinajstić information content (AvgIpc) is 3.09. The van der Waals surface area contributed by atoms with Gasteiger partial charge in [-0.25, -0.2) is 0 Å². The van der Waals surface area contributed by atoms with Crippen LogP contribution in [-0.4, -0.2) is 22.5 Å². The molecule has 0 N–H and O–H groups in total. The highest BCUT2D eigenvalue weighted by Crippen LogP contribution is 2.28. The van der Waals surface area contributed by atoms with Gasteiger partial charge in [0.05, 0.1) is 0 Å². The van der Waals surface area contributed by atoms with E-state index in [-0.39, 0.29) is 0 Å². The molecule has 1 fully saturated rings. The van der Waals surface area contributed by atoms with Gasteiger partial charge in [-0.05, 0) is 37.0 Å². The van der Waals surface area contributed by atoms with E-state index in [0.717, 1.165) is 25.6 Å². The van der Waals surface area contributed by atoms with Gasteiger partial charge in [0, 0.05) is 31.5 Å². The Morgan fingerprint density at radius 3 is 2.73 bits per heavy atom. The first kappa shape index (κ1) is 10.4. The molecule has 1 aliphatic rings. The van der Waals surface area contributed by atoms with Crippen molar-refractivity contribution in [3.63, 3.8) is 0 Å². The third kappa shape index (κ3) is 3.17. The molecule has 0 aromatic carbocycles. The minimum atomic E-state index is 0.818. The molecule has 1 heterocycles. The topological polar surface area (TPSA) is 16.1 Å². The Kier molecular flexibility index (Phi) is 3.51. The molecule has 2 rings (SSSR count). The summed E-state index contributed by atoms with van der Waals surface area (Å²) in [6, 6.07) is 5.02. The van der Waals surface area contributed by atoms with E-state index in [4.69, 9.17) is 0 Å². The van der Waals surface area contributed by atoms with Crippen LogP contribution in [0.25, 0.3) is 0 Å². The predicted octanol–water partition coefficient (Wildman–Crippen LogP) is 2.62. The quantitative estimate of drug-likeness (QED) is 0.659. The third-order valence-corrected chi connectivity index (χ3v) is 2.82. The summed E-state index contributed by atoms with van der Waals surface area (Å²) in [5, 5.41) is 0. The van der Waals surface area contributed by atoms with E-state index < -0.39 is 0 Å². The van der Waals surface area contributed by atoms with Crippen LogP contribution in [0.5, 0.6) is 0 Å². The Balaban J connectivity index is 1.91. The van der Waals surface area contributed by atoms with Crippen LogP contribution in [0.15, 0.2) is 37.2 Å². The van der Waals surface area contributed by atoms with Gasteiger partial charge < -0.3 is 0 Å². The number of aromatic nitrogens is 1. The molecular weight excluding hydrogens is 184 g/mol. The molecule has 0 atom stereocenters. The van der Waals surface area contributed by atoms with E-state index in [0.29, 0.717) is 0 Å². The second-order valence-corrected chi connectivity index (χ2v) is 4.13. The van der Waals surface area contributed by atoms with E-state index >= 15 is 0 Å². The van der Waals surface area contributed by atoms with Crippen LogP contribution in [0.1, 0.15) is 24.8 Å². The summed E-state index contributed by atoms with van der Waals surface area (Å²) in [6.07, 6.45) is 9.55. The van der Waals surface area contributed by atoms with Crippen molar-refractivity contribution < 1.29 is 0 Å². The first-order valence-electron chi connectivity index (χ1n) is 5.64. The van der Waals surface area contributed by atoms with Crippen molar-refractivity contribution >= 4 is 0 Å². The average molecular weight is 202 g/mol. The molecule has 1 saturated carbocycles. The lowest BCUT2D eigenvalue weighted by Crippen LogP contribution is -2.26. The van der Waals surface area contributed by atoms with Crippen LogP contribution in [-0.2, 0) is 6.54 Å². The van der Waals surface area contributed by atoms with Crippen molar-refractivity contribution in [3.8, 4) is 0 Å². The lowest BCUT2D eigenvalue weighted by atomic mass is 10.2. The number of pyridine rings is 1. The van der Waals surface area contributed by atoms with Crippen molar-refractivity contribution in [2.45, 2.75) is 31.8 Å². The Morgan fingerprint density at radius 2 is 2.13 bits per heavy atom. The zero-order chi connectivity index (χ0) is 10.5. The highest BCUT2D eigenvalue weighted by molar-refractivity contribution is 5.10. The molecule has 0 bridgehead atoms. The summed E-state index contributed by atoms with van der Waals surface area (Å²) >= 11 is 0. The fraction of sp³-hybridized carbons (Fsp3) is 0.462. The maximum Gasteiger partial charge on any atom is 0.0271 e. The van der Waals surface area contributed by atoms with Crippen molar-refractivity contribution in [3.05, 3.63) is 42.7 Å². The first-order chi connectivity index (χ1) is 7.40. The maximum atomic E-state index is 4.04.